The molecule has 0 radical (unpaired) electrons. The fraction of sp³-hybridized carbons (Fsp3) is 0.467. The molecule has 0 saturated carbocycles. The molecule has 122 valence electrons. The van der Waals surface area contributed by atoms with Gasteiger partial charge < -0.3 is 24.1 Å². The number of hydrogen-bond donors (Lipinski definition) is 1. The van der Waals surface area contributed by atoms with Crippen LogP contribution in [0.2, 0.25) is 0 Å². The van der Waals surface area contributed by atoms with Gasteiger partial charge in [-0.25, -0.2) is 0 Å². The molecule has 0 aliphatic rings. The average Bonchev–Trinajstić information content (AvgIpc) is 2.51. The van der Waals surface area contributed by atoms with E-state index in [1.165, 1.54) is 28.4 Å². The Balaban J connectivity index is 3.13. The van der Waals surface area contributed by atoms with Crippen molar-refractivity contribution in [2.24, 2.45) is 5.92 Å². The van der Waals surface area contributed by atoms with Gasteiger partial charge in [0.25, 0.3) is 0 Å². The van der Waals surface area contributed by atoms with Gasteiger partial charge in [-0.15, -0.1) is 0 Å². The van der Waals surface area contributed by atoms with Crippen LogP contribution >= 0.6 is 0 Å². The summed E-state index contributed by atoms with van der Waals surface area (Å²) in [7, 11) is 5.68. The molecule has 1 atom stereocenters. The molecule has 1 N–H and O–H groups in total. The number of ether oxygens (including phenoxy) is 4. The maximum Gasteiger partial charge on any atom is 0.309 e. The number of carbonyl (C=O) groups is 2. The number of benzene rings is 1. The van der Waals surface area contributed by atoms with Gasteiger partial charge in [-0.1, -0.05) is 0 Å². The third kappa shape index (κ3) is 4.28. The zero-order chi connectivity index (χ0) is 16.7. The summed E-state index contributed by atoms with van der Waals surface area (Å²) in [5.74, 6) is -1.11. The van der Waals surface area contributed by atoms with Gasteiger partial charge in [0, 0.05) is 0 Å². The van der Waals surface area contributed by atoms with E-state index in [-0.39, 0.29) is 12.8 Å². The molecule has 0 aliphatic heterocycles. The third-order valence-corrected chi connectivity index (χ3v) is 3.16. The van der Waals surface area contributed by atoms with Crippen molar-refractivity contribution in [3.63, 3.8) is 0 Å². The van der Waals surface area contributed by atoms with Crippen molar-refractivity contribution in [3.8, 4) is 17.2 Å². The van der Waals surface area contributed by atoms with Gasteiger partial charge in [-0.2, -0.15) is 0 Å². The molecule has 7 nitrogen and oxygen atoms in total. The molecule has 0 spiro atoms. The standard InChI is InChI=1S/C15H20O7/c1-19-11-6-9(7-12(20-2)14(11)21-3)5-10(8-13(16)17)15(18)22-4/h6-7,10H,5,8H2,1-4H3,(H,16,17). The van der Waals surface area contributed by atoms with E-state index in [1.54, 1.807) is 12.1 Å². The van der Waals surface area contributed by atoms with Gasteiger partial charge in [0.05, 0.1) is 40.8 Å². The van der Waals surface area contributed by atoms with Crippen LogP contribution in [-0.4, -0.2) is 45.5 Å². The largest absolute Gasteiger partial charge is 0.493 e. The van der Waals surface area contributed by atoms with Gasteiger partial charge in [-0.3, -0.25) is 9.59 Å². The molecule has 0 amide bonds. The second-order valence-corrected chi connectivity index (χ2v) is 4.56. The number of esters is 1. The maximum atomic E-state index is 11.7. The summed E-state index contributed by atoms with van der Waals surface area (Å²) in [5.41, 5.74) is 0.686. The first-order chi connectivity index (χ1) is 10.5. The van der Waals surface area contributed by atoms with Crippen molar-refractivity contribution in [1.82, 2.24) is 0 Å². The van der Waals surface area contributed by atoms with Crippen molar-refractivity contribution >= 4 is 11.9 Å². The molecular formula is C15H20O7. The number of carboxylic acids is 1. The van der Waals surface area contributed by atoms with E-state index in [4.69, 9.17) is 19.3 Å². The lowest BCUT2D eigenvalue weighted by atomic mass is 9.95. The van der Waals surface area contributed by atoms with Gasteiger partial charge >= 0.3 is 11.9 Å². The molecule has 0 aromatic heterocycles. The Hall–Kier alpha value is -2.44. The quantitative estimate of drug-likeness (QED) is 0.728. The Morgan fingerprint density at radius 2 is 1.59 bits per heavy atom. The third-order valence-electron chi connectivity index (χ3n) is 3.16. The molecule has 7 heteroatoms. The van der Waals surface area contributed by atoms with Crippen LogP contribution in [0.5, 0.6) is 17.2 Å². The predicted molar refractivity (Wildman–Crippen MR) is 77.6 cm³/mol. The van der Waals surface area contributed by atoms with Gasteiger partial charge in [0.15, 0.2) is 11.5 Å². The number of rotatable bonds is 8. The van der Waals surface area contributed by atoms with Gasteiger partial charge in [-0.05, 0) is 24.1 Å². The molecule has 0 aliphatic carbocycles. The number of aliphatic carboxylic acids is 1. The van der Waals surface area contributed by atoms with E-state index < -0.39 is 17.9 Å². The summed E-state index contributed by atoms with van der Waals surface area (Å²) >= 11 is 0. The van der Waals surface area contributed by atoms with Crippen molar-refractivity contribution in [3.05, 3.63) is 17.7 Å². The van der Waals surface area contributed by atoms with Crippen molar-refractivity contribution < 1.29 is 33.6 Å². The van der Waals surface area contributed by atoms with E-state index in [0.29, 0.717) is 22.8 Å². The molecule has 1 rings (SSSR count). The topological polar surface area (TPSA) is 91.3 Å². The maximum absolute atomic E-state index is 11.7. The highest BCUT2D eigenvalue weighted by Gasteiger charge is 2.24. The van der Waals surface area contributed by atoms with Crippen molar-refractivity contribution in [2.45, 2.75) is 12.8 Å². The minimum absolute atomic E-state index is 0.190. The van der Waals surface area contributed by atoms with Crippen LogP contribution in [0, 0.1) is 5.92 Å². The summed E-state index contributed by atoms with van der Waals surface area (Å²) in [6.45, 7) is 0. The van der Waals surface area contributed by atoms with Crippen LogP contribution in [0.4, 0.5) is 0 Å². The van der Waals surface area contributed by atoms with Crippen molar-refractivity contribution in [1.29, 1.82) is 0 Å². The Morgan fingerprint density at radius 3 is 1.95 bits per heavy atom. The van der Waals surface area contributed by atoms with E-state index in [9.17, 15) is 9.59 Å². The van der Waals surface area contributed by atoms with E-state index in [2.05, 4.69) is 4.74 Å². The lowest BCUT2D eigenvalue weighted by Crippen LogP contribution is -2.22. The molecule has 0 fully saturated rings. The highest BCUT2D eigenvalue weighted by molar-refractivity contribution is 5.79. The Labute approximate surface area is 128 Å². The van der Waals surface area contributed by atoms with E-state index >= 15 is 0 Å². The Bertz CT molecular complexity index is 514. The van der Waals surface area contributed by atoms with E-state index in [0.717, 1.165) is 0 Å². The monoisotopic (exact) mass is 312 g/mol. The molecule has 1 aromatic carbocycles. The average molecular weight is 312 g/mol. The number of hydrogen-bond acceptors (Lipinski definition) is 6. The number of carbonyl (C=O) groups excluding carboxylic acids is 1. The van der Waals surface area contributed by atoms with E-state index in [1.807, 2.05) is 0 Å². The predicted octanol–water partition coefficient (Wildman–Crippen LogP) is 1.52. The van der Waals surface area contributed by atoms with Crippen LogP contribution in [0.3, 0.4) is 0 Å². The molecule has 0 heterocycles. The summed E-state index contributed by atoms with van der Waals surface area (Å²) in [4.78, 5) is 22.6. The molecule has 1 aromatic rings. The van der Waals surface area contributed by atoms with Gasteiger partial charge in [0.1, 0.15) is 0 Å². The van der Waals surface area contributed by atoms with Crippen LogP contribution in [0.15, 0.2) is 12.1 Å². The van der Waals surface area contributed by atoms with Crippen LogP contribution in [-0.2, 0) is 20.7 Å². The van der Waals surface area contributed by atoms with Gasteiger partial charge in [0.2, 0.25) is 5.75 Å². The lowest BCUT2D eigenvalue weighted by Gasteiger charge is -2.16. The Kier molecular flexibility index (Phi) is 6.49. The second kappa shape index (κ2) is 8.11. The first-order valence-electron chi connectivity index (χ1n) is 6.55. The van der Waals surface area contributed by atoms with Crippen LogP contribution in [0.25, 0.3) is 0 Å². The lowest BCUT2D eigenvalue weighted by molar-refractivity contribution is -0.150. The zero-order valence-corrected chi connectivity index (χ0v) is 13.0. The molecule has 0 saturated heterocycles. The summed E-state index contributed by atoms with van der Waals surface area (Å²) < 4.78 is 20.3. The first kappa shape index (κ1) is 17.6. The number of carboxylic acid groups (broad SMARTS) is 1. The highest BCUT2D eigenvalue weighted by atomic mass is 16.5. The normalized spacial score (nSPS) is 11.5. The number of methoxy groups -OCH3 is 4. The molecular weight excluding hydrogens is 292 g/mol. The second-order valence-electron chi connectivity index (χ2n) is 4.56. The highest BCUT2D eigenvalue weighted by Crippen LogP contribution is 2.38. The minimum Gasteiger partial charge on any atom is -0.493 e. The molecule has 0 bridgehead atoms. The summed E-state index contributed by atoms with van der Waals surface area (Å²) in [6, 6.07) is 3.36. The van der Waals surface area contributed by atoms with Crippen molar-refractivity contribution in [2.75, 3.05) is 28.4 Å². The smallest absolute Gasteiger partial charge is 0.309 e. The fourth-order valence-electron chi connectivity index (χ4n) is 2.15. The molecule has 22 heavy (non-hydrogen) atoms. The fourth-order valence-corrected chi connectivity index (χ4v) is 2.15. The zero-order valence-electron chi connectivity index (χ0n) is 13.0. The summed E-state index contributed by atoms with van der Waals surface area (Å²) in [6.07, 6.45) is -0.126. The summed E-state index contributed by atoms with van der Waals surface area (Å²) in [5, 5.41) is 8.91. The van der Waals surface area contributed by atoms with Crippen LogP contribution in [0.1, 0.15) is 12.0 Å². The first-order valence-corrected chi connectivity index (χ1v) is 6.55. The molecule has 1 unspecified atom stereocenters. The van der Waals surface area contributed by atoms with Crippen LogP contribution < -0.4 is 14.2 Å². The SMILES string of the molecule is COC(=O)C(CC(=O)O)Cc1cc(OC)c(OC)c(OC)c1. The Morgan fingerprint density at radius 1 is 1.05 bits per heavy atom. The minimum atomic E-state index is -1.07.